The Labute approximate surface area is 434 Å². The Hall–Kier alpha value is -9.88. The zero-order chi connectivity index (χ0) is 49.1. The smallest absolute Gasteiger partial charge is 0.000674 e. The van der Waals surface area contributed by atoms with E-state index in [1.54, 1.807) is 0 Å². The van der Waals surface area contributed by atoms with Crippen LogP contribution in [-0.2, 0) is 0 Å². The Kier molecular flexibility index (Phi) is 7.32. The van der Waals surface area contributed by atoms with E-state index in [0.29, 0.717) is 0 Å². The van der Waals surface area contributed by atoms with E-state index in [4.69, 9.17) is 0 Å². The Morgan fingerprint density at radius 3 is 1.22 bits per heavy atom. The van der Waals surface area contributed by atoms with Crippen LogP contribution in [0, 0.1) is 20.9 Å². The van der Waals surface area contributed by atoms with Crippen LogP contribution in [0.4, 0.5) is 0 Å². The summed E-state index contributed by atoms with van der Waals surface area (Å²) in [5.41, 5.74) is 10.1. The average Bonchev–Trinajstić information content (AvgIpc) is 4.22. The molecule has 0 amide bonds. The third-order valence-electron chi connectivity index (χ3n) is 18.2. The van der Waals surface area contributed by atoms with E-state index >= 15 is 0 Å². The second-order valence-electron chi connectivity index (χ2n) is 21.6. The maximum atomic E-state index is 2.59. The molecule has 0 heterocycles. The lowest BCUT2D eigenvalue weighted by Gasteiger charge is -2.17. The van der Waals surface area contributed by atoms with Crippen molar-refractivity contribution in [1.82, 2.24) is 0 Å². The Bertz CT molecular complexity index is 5770. The van der Waals surface area contributed by atoms with Gasteiger partial charge in [-0.2, -0.15) is 0 Å². The summed E-state index contributed by atoms with van der Waals surface area (Å²) in [6, 6.07) is 92.4. The van der Waals surface area contributed by atoms with E-state index in [9.17, 15) is 0 Å². The quantitative estimate of drug-likeness (QED) is 0.122. The second-order valence-corrected chi connectivity index (χ2v) is 21.6. The van der Waals surface area contributed by atoms with Gasteiger partial charge < -0.3 is 0 Å². The van der Waals surface area contributed by atoms with Gasteiger partial charge in [-0.05, 0) is 207 Å². The van der Waals surface area contributed by atoms with Crippen LogP contribution in [0.25, 0.3) is 174 Å². The van der Waals surface area contributed by atoms with Crippen molar-refractivity contribution in [2.45, 2.75) is 0 Å². The molecule has 1 aliphatic carbocycles. The van der Waals surface area contributed by atoms with Crippen molar-refractivity contribution >= 4 is 129 Å². The van der Waals surface area contributed by atoms with Gasteiger partial charge >= 0.3 is 0 Å². The van der Waals surface area contributed by atoms with Crippen molar-refractivity contribution in [2.75, 3.05) is 0 Å². The van der Waals surface area contributed by atoms with E-state index < -0.39 is 0 Å². The minimum atomic E-state index is 1.23. The number of hydrogen-bond donors (Lipinski definition) is 0. The molecule has 0 nitrogen and oxygen atoms in total. The summed E-state index contributed by atoms with van der Waals surface area (Å²) in [4.78, 5) is 0. The molecule has 0 aliphatic heterocycles. The van der Waals surface area contributed by atoms with E-state index in [2.05, 4.69) is 243 Å². The predicted octanol–water partition coefficient (Wildman–Crippen LogP) is 20.8. The number of hydrogen-bond acceptors (Lipinski definition) is 0. The number of fused-ring (bicyclic) bond motifs is 14. The van der Waals surface area contributed by atoms with Gasteiger partial charge in [0.25, 0.3) is 0 Å². The van der Waals surface area contributed by atoms with Crippen molar-refractivity contribution in [2.24, 2.45) is 0 Å². The average molecular weight is 953 g/mol. The zero-order valence-corrected chi connectivity index (χ0v) is 41.1. The SMILES string of the molecule is c1ccc(-c2ccccc2-c2ccc3c(c2)=c2ccc4c5ccc6c7c(ccc(c8ccc=3c2c84)c57)c2c(-c3ccccc3-c3ccccc3)c3cc4c5cccc7cccc(c75)c4c4c5ccccc5c(c62)c34)cc1. The van der Waals surface area contributed by atoms with Crippen molar-refractivity contribution in [1.29, 1.82) is 0 Å². The van der Waals surface area contributed by atoms with E-state index in [1.807, 2.05) is 0 Å². The molecule has 18 aromatic rings. The highest BCUT2D eigenvalue weighted by Gasteiger charge is 2.30. The largest absolute Gasteiger partial charge is 0.0622 e. The molecule has 18 aromatic carbocycles. The molecule has 0 saturated heterocycles. The van der Waals surface area contributed by atoms with E-state index in [-0.39, 0.29) is 0 Å². The molecule has 0 atom stereocenters. The summed E-state index contributed by atoms with van der Waals surface area (Å²) in [6.45, 7) is 0. The van der Waals surface area contributed by atoms with Gasteiger partial charge in [-0.15, -0.1) is 0 Å². The molecular weight excluding hydrogens is 913 g/mol. The summed E-state index contributed by atoms with van der Waals surface area (Å²) in [5, 5.41) is 37.6. The van der Waals surface area contributed by atoms with Crippen molar-refractivity contribution < 1.29 is 0 Å². The van der Waals surface area contributed by atoms with Gasteiger partial charge in [0.1, 0.15) is 0 Å². The van der Waals surface area contributed by atoms with Crippen LogP contribution in [-0.4, -0.2) is 0 Å². The van der Waals surface area contributed by atoms with E-state index in [0.717, 1.165) is 0 Å². The van der Waals surface area contributed by atoms with Gasteiger partial charge in [-0.25, -0.2) is 0 Å². The molecule has 0 aromatic heterocycles. The Balaban J connectivity index is 0.977. The molecule has 0 heteroatoms. The second kappa shape index (κ2) is 14.0. The van der Waals surface area contributed by atoms with Gasteiger partial charge in [0.05, 0.1) is 0 Å². The summed E-state index contributed by atoms with van der Waals surface area (Å²) >= 11 is 0. The molecule has 0 bridgehead atoms. The molecule has 0 saturated carbocycles. The first-order valence-electron chi connectivity index (χ1n) is 26.7. The van der Waals surface area contributed by atoms with Crippen LogP contribution >= 0.6 is 0 Å². The molecule has 1 aliphatic rings. The van der Waals surface area contributed by atoms with Gasteiger partial charge in [-0.1, -0.05) is 231 Å². The fourth-order valence-electron chi connectivity index (χ4n) is 15.3. The predicted molar refractivity (Wildman–Crippen MR) is 325 cm³/mol. The summed E-state index contributed by atoms with van der Waals surface area (Å²) in [5.74, 6) is 0. The molecular formula is C76H40. The normalized spacial score (nSPS) is 12.7. The van der Waals surface area contributed by atoms with Crippen LogP contribution in [0.5, 0.6) is 0 Å². The van der Waals surface area contributed by atoms with Crippen LogP contribution < -0.4 is 0 Å². The number of rotatable bonds is 4. The van der Waals surface area contributed by atoms with Gasteiger partial charge in [-0.3, -0.25) is 0 Å². The monoisotopic (exact) mass is 952 g/mol. The first kappa shape index (κ1) is 39.6. The first-order chi connectivity index (χ1) is 37.8. The van der Waals surface area contributed by atoms with Gasteiger partial charge in [0.15, 0.2) is 0 Å². The highest BCUT2D eigenvalue weighted by molar-refractivity contribution is 6.54. The molecule has 19 rings (SSSR count). The maximum absolute atomic E-state index is 2.59. The minimum Gasteiger partial charge on any atom is -0.0622 e. The zero-order valence-electron chi connectivity index (χ0n) is 41.1. The Morgan fingerprint density at radius 1 is 0.158 bits per heavy atom. The van der Waals surface area contributed by atoms with Gasteiger partial charge in [0.2, 0.25) is 0 Å². The van der Waals surface area contributed by atoms with Crippen molar-refractivity contribution in [3.63, 3.8) is 0 Å². The Morgan fingerprint density at radius 2 is 0.553 bits per heavy atom. The topological polar surface area (TPSA) is 0 Å². The van der Waals surface area contributed by atoms with Crippen LogP contribution in [0.2, 0.25) is 0 Å². The summed E-state index contributed by atoms with van der Waals surface area (Å²) < 4.78 is 0. The molecule has 76 heavy (non-hydrogen) atoms. The lowest BCUT2D eigenvalue weighted by molar-refractivity contribution is 1.48. The molecule has 0 unspecified atom stereocenters. The van der Waals surface area contributed by atoms with Crippen LogP contribution in [0.15, 0.2) is 243 Å². The third-order valence-corrected chi connectivity index (χ3v) is 18.2. The molecule has 344 valence electrons. The molecule has 0 N–H and O–H groups in total. The first-order valence-corrected chi connectivity index (χ1v) is 26.7. The van der Waals surface area contributed by atoms with Crippen molar-refractivity contribution in [3.05, 3.63) is 264 Å². The number of benzene rings is 15. The van der Waals surface area contributed by atoms with Crippen molar-refractivity contribution in [3.8, 4) is 44.5 Å². The minimum absolute atomic E-state index is 1.23. The molecule has 0 fully saturated rings. The summed E-state index contributed by atoms with van der Waals surface area (Å²) in [6.07, 6.45) is 0. The molecule has 0 spiro atoms. The standard InChI is InChI=1S/C76H40/c1-3-15-41(16-4-1)45-21-7-8-23-47(45)44-29-30-48-53-31-32-54-56-35-37-60-70-61(38-36-57(68(56)70)55-33-34-58(62(48)39-44)66(53)67(54)55)75-73-51-26-12-11-25-50(51)72-71-59-28-14-20-43-19-13-27-52(65(43)59)63(71)40-64(76(72)73)69(74(60)75)49-24-10-9-22-46(49)42-17-5-2-6-18-42/h1-40H. The van der Waals surface area contributed by atoms with E-state index in [1.165, 1.54) is 195 Å². The fraction of sp³-hybridized carbons (Fsp3) is 0. The molecule has 0 radical (unpaired) electrons. The lowest BCUT2D eigenvalue weighted by atomic mass is 9.85. The summed E-state index contributed by atoms with van der Waals surface area (Å²) in [7, 11) is 0. The highest BCUT2D eigenvalue weighted by Crippen LogP contribution is 2.58. The lowest BCUT2D eigenvalue weighted by Crippen LogP contribution is -1.89. The third kappa shape index (κ3) is 4.74. The maximum Gasteiger partial charge on any atom is -0.000674 e. The van der Waals surface area contributed by atoms with Crippen LogP contribution in [0.3, 0.4) is 0 Å². The van der Waals surface area contributed by atoms with Crippen LogP contribution in [0.1, 0.15) is 0 Å². The highest BCUT2D eigenvalue weighted by atomic mass is 14.3. The fourth-order valence-corrected chi connectivity index (χ4v) is 15.3. The van der Waals surface area contributed by atoms with Gasteiger partial charge in [0, 0.05) is 0 Å².